The Hall–Kier alpha value is -3.30. The lowest BCUT2D eigenvalue weighted by molar-refractivity contribution is -0.136. The summed E-state index contributed by atoms with van der Waals surface area (Å²) in [5, 5.41) is 3.17. The van der Waals surface area contributed by atoms with Gasteiger partial charge in [-0.3, -0.25) is 9.59 Å². The zero-order valence-corrected chi connectivity index (χ0v) is 23.8. The van der Waals surface area contributed by atoms with Crippen LogP contribution in [0.1, 0.15) is 43.7 Å². The van der Waals surface area contributed by atoms with Crippen LogP contribution in [0.3, 0.4) is 0 Å². The molecule has 10 heteroatoms. The third-order valence-corrected chi connectivity index (χ3v) is 7.19. The first-order chi connectivity index (χ1) is 17.9. The Morgan fingerprint density at radius 3 is 2.63 bits per heavy atom. The molecule has 1 atom stereocenters. The van der Waals surface area contributed by atoms with Crippen LogP contribution < -0.4 is 15.8 Å². The summed E-state index contributed by atoms with van der Waals surface area (Å²) < 4.78 is 17.6. The van der Waals surface area contributed by atoms with Crippen LogP contribution in [0.25, 0.3) is 0 Å². The Morgan fingerprint density at radius 1 is 1.21 bits per heavy atom. The molecule has 2 aromatic rings. The van der Waals surface area contributed by atoms with Gasteiger partial charge in [-0.05, 0) is 54.3 Å². The van der Waals surface area contributed by atoms with Crippen molar-refractivity contribution >= 4 is 50.9 Å². The quantitative estimate of drug-likeness (QED) is 0.417. The van der Waals surface area contributed by atoms with Crippen molar-refractivity contribution in [1.29, 1.82) is 0 Å². The van der Waals surface area contributed by atoms with E-state index < -0.39 is 11.9 Å². The summed E-state index contributed by atoms with van der Waals surface area (Å²) in [5.74, 6) is -1.74. The SMILES string of the molecule is COC(=O)C1=C(N)OC2=C(C(=O)CC(C)(C)C2)C1c1cc(Cl)ccc1OCC(=O)Nc1ccc(Br)cc1C. The first-order valence-electron chi connectivity index (χ1n) is 11.9. The number of methoxy groups -OCH3 is 1. The molecule has 1 unspecified atom stereocenters. The molecular formula is C28H28BrClN2O6. The van der Waals surface area contributed by atoms with E-state index in [9.17, 15) is 14.4 Å². The number of hydrogen-bond acceptors (Lipinski definition) is 7. The third-order valence-electron chi connectivity index (χ3n) is 6.46. The Morgan fingerprint density at radius 2 is 1.95 bits per heavy atom. The maximum atomic E-state index is 13.4. The fourth-order valence-corrected chi connectivity index (χ4v) is 5.43. The predicted molar refractivity (Wildman–Crippen MR) is 147 cm³/mol. The fourth-order valence-electron chi connectivity index (χ4n) is 4.78. The van der Waals surface area contributed by atoms with Crippen molar-refractivity contribution in [3.63, 3.8) is 0 Å². The van der Waals surface area contributed by atoms with E-state index in [1.807, 2.05) is 32.9 Å². The molecule has 0 saturated carbocycles. The number of allylic oxidation sites excluding steroid dienone is 2. The third kappa shape index (κ3) is 5.73. The van der Waals surface area contributed by atoms with Gasteiger partial charge in [0.05, 0.1) is 13.0 Å². The van der Waals surface area contributed by atoms with E-state index in [0.717, 1.165) is 10.0 Å². The molecule has 38 heavy (non-hydrogen) atoms. The zero-order valence-electron chi connectivity index (χ0n) is 21.4. The predicted octanol–water partition coefficient (Wildman–Crippen LogP) is 5.53. The summed E-state index contributed by atoms with van der Waals surface area (Å²) in [5.41, 5.74) is 8.08. The number of nitrogens with two attached hydrogens (primary N) is 1. The van der Waals surface area contributed by atoms with Crippen molar-refractivity contribution in [2.45, 2.75) is 39.5 Å². The van der Waals surface area contributed by atoms with Gasteiger partial charge in [0.25, 0.3) is 5.91 Å². The molecule has 1 heterocycles. The van der Waals surface area contributed by atoms with Crippen molar-refractivity contribution in [1.82, 2.24) is 0 Å². The molecule has 2 aliphatic rings. The van der Waals surface area contributed by atoms with E-state index >= 15 is 0 Å². The summed E-state index contributed by atoms with van der Waals surface area (Å²) in [4.78, 5) is 39.0. The van der Waals surface area contributed by atoms with Crippen LogP contribution >= 0.6 is 27.5 Å². The van der Waals surface area contributed by atoms with Gasteiger partial charge in [0.1, 0.15) is 17.1 Å². The molecule has 8 nitrogen and oxygen atoms in total. The number of hydrogen-bond donors (Lipinski definition) is 2. The summed E-state index contributed by atoms with van der Waals surface area (Å²) in [6.45, 7) is 5.47. The van der Waals surface area contributed by atoms with Gasteiger partial charge in [0.15, 0.2) is 12.4 Å². The molecule has 0 spiro atoms. The van der Waals surface area contributed by atoms with Gasteiger partial charge in [-0.1, -0.05) is 41.4 Å². The molecule has 1 aliphatic heterocycles. The summed E-state index contributed by atoms with van der Waals surface area (Å²) in [6.07, 6.45) is 0.706. The molecule has 3 N–H and O–H groups in total. The van der Waals surface area contributed by atoms with Gasteiger partial charge in [-0.2, -0.15) is 0 Å². The van der Waals surface area contributed by atoms with Crippen LogP contribution in [0.15, 0.2) is 63.7 Å². The summed E-state index contributed by atoms with van der Waals surface area (Å²) in [7, 11) is 1.22. The number of amides is 1. The molecule has 200 valence electrons. The lowest BCUT2D eigenvalue weighted by atomic mass is 9.70. The number of aryl methyl sites for hydroxylation is 1. The second-order valence-corrected chi connectivity index (χ2v) is 11.4. The molecule has 0 fully saturated rings. The van der Waals surface area contributed by atoms with Crippen LogP contribution in [0.5, 0.6) is 5.75 Å². The number of carbonyl (C=O) groups is 3. The number of ketones is 1. The molecule has 4 rings (SSSR count). The topological polar surface area (TPSA) is 117 Å². The summed E-state index contributed by atoms with van der Waals surface area (Å²) in [6, 6.07) is 10.3. The van der Waals surface area contributed by atoms with E-state index in [0.29, 0.717) is 34.0 Å². The smallest absolute Gasteiger partial charge is 0.340 e. The molecule has 0 aromatic heterocycles. The second kappa shape index (κ2) is 10.8. The number of anilines is 1. The van der Waals surface area contributed by atoms with Crippen molar-refractivity contribution in [2.75, 3.05) is 19.0 Å². The lowest BCUT2D eigenvalue weighted by Crippen LogP contribution is -2.35. The van der Waals surface area contributed by atoms with Gasteiger partial charge in [0, 0.05) is 39.2 Å². The largest absolute Gasteiger partial charge is 0.483 e. The van der Waals surface area contributed by atoms with E-state index in [1.54, 1.807) is 24.3 Å². The number of Topliss-reactive ketones (excluding diaryl/α,β-unsaturated/α-hetero) is 1. The molecule has 0 saturated heterocycles. The van der Waals surface area contributed by atoms with Gasteiger partial charge in [-0.15, -0.1) is 0 Å². The molecule has 0 radical (unpaired) electrons. The minimum absolute atomic E-state index is 0.0265. The highest BCUT2D eigenvalue weighted by molar-refractivity contribution is 9.10. The first-order valence-corrected chi connectivity index (χ1v) is 13.1. The van der Waals surface area contributed by atoms with E-state index in [1.165, 1.54) is 7.11 Å². The average Bonchev–Trinajstić information content (AvgIpc) is 2.83. The van der Waals surface area contributed by atoms with Crippen LogP contribution in [0.2, 0.25) is 5.02 Å². The number of benzene rings is 2. The zero-order chi connectivity index (χ0) is 27.8. The van der Waals surface area contributed by atoms with Crippen molar-refractivity contribution in [2.24, 2.45) is 11.1 Å². The average molecular weight is 604 g/mol. The monoisotopic (exact) mass is 602 g/mol. The van der Waals surface area contributed by atoms with Crippen LogP contribution in [-0.2, 0) is 23.9 Å². The van der Waals surface area contributed by atoms with E-state index in [2.05, 4.69) is 21.2 Å². The second-order valence-electron chi connectivity index (χ2n) is 10.1. The van der Waals surface area contributed by atoms with Gasteiger partial charge in [-0.25, -0.2) is 4.79 Å². The molecule has 1 aliphatic carbocycles. The van der Waals surface area contributed by atoms with Crippen LogP contribution in [0.4, 0.5) is 5.69 Å². The molecule has 1 amide bonds. The van der Waals surface area contributed by atoms with Crippen LogP contribution in [0, 0.1) is 12.3 Å². The fraction of sp³-hybridized carbons (Fsp3) is 0.321. The Labute approximate surface area is 234 Å². The number of nitrogens with one attached hydrogen (secondary N) is 1. The van der Waals surface area contributed by atoms with Crippen molar-refractivity contribution < 1.29 is 28.6 Å². The minimum atomic E-state index is -0.944. The maximum absolute atomic E-state index is 13.4. The lowest BCUT2D eigenvalue weighted by Gasteiger charge is -2.38. The van der Waals surface area contributed by atoms with Crippen molar-refractivity contribution in [3.8, 4) is 5.75 Å². The van der Waals surface area contributed by atoms with Gasteiger partial charge in [0.2, 0.25) is 5.88 Å². The number of halogens is 2. The number of ether oxygens (including phenoxy) is 3. The summed E-state index contributed by atoms with van der Waals surface area (Å²) >= 11 is 9.76. The number of rotatable bonds is 6. The van der Waals surface area contributed by atoms with E-state index in [4.69, 9.17) is 31.5 Å². The highest BCUT2D eigenvalue weighted by Crippen LogP contribution is 2.50. The van der Waals surface area contributed by atoms with Crippen LogP contribution in [-0.4, -0.2) is 31.4 Å². The number of carbonyl (C=O) groups excluding carboxylic acids is 3. The first kappa shape index (κ1) is 27.7. The van der Waals surface area contributed by atoms with Crippen molar-refractivity contribution in [3.05, 3.63) is 79.8 Å². The Bertz CT molecular complexity index is 1400. The maximum Gasteiger partial charge on any atom is 0.340 e. The Kier molecular flexibility index (Phi) is 7.90. The molecular weight excluding hydrogens is 576 g/mol. The molecule has 0 bridgehead atoms. The standard InChI is InChI=1S/C28H28BrClN2O6/c1-14-9-15(29)5-7-18(14)32-22(34)13-37-20-8-6-16(30)10-17(20)23-24-19(33)11-28(2,3)12-21(24)38-26(31)25(23)27(35)36-4/h5-10,23H,11-13,31H2,1-4H3,(H,32,34). The number of esters is 1. The normalized spacial score (nSPS) is 18.5. The highest BCUT2D eigenvalue weighted by atomic mass is 79.9. The molecule has 2 aromatic carbocycles. The van der Waals surface area contributed by atoms with E-state index in [-0.39, 0.29) is 47.3 Å². The Balaban J connectivity index is 1.71. The van der Waals surface area contributed by atoms with Gasteiger partial charge < -0.3 is 25.3 Å². The van der Waals surface area contributed by atoms with Gasteiger partial charge >= 0.3 is 5.97 Å². The highest BCUT2D eigenvalue weighted by Gasteiger charge is 2.45. The minimum Gasteiger partial charge on any atom is -0.483 e.